The van der Waals surface area contributed by atoms with Gasteiger partial charge in [0.15, 0.2) is 17.6 Å². The second-order valence-corrected chi connectivity index (χ2v) is 12.5. The molecule has 212 valence electrons. The number of terminal acetylenes is 1. The number of aliphatic hydroxyl groups excluding tert-OH is 1. The van der Waals surface area contributed by atoms with Gasteiger partial charge in [-0.3, -0.25) is 19.3 Å². The van der Waals surface area contributed by atoms with Gasteiger partial charge in [0, 0.05) is 6.20 Å². The van der Waals surface area contributed by atoms with E-state index in [4.69, 9.17) is 36.8 Å². The average Bonchev–Trinajstić information content (AvgIpc) is 3.13. The first-order valence-electron chi connectivity index (χ1n) is 12.5. The van der Waals surface area contributed by atoms with Crippen LogP contribution >= 0.6 is 6.64 Å². The van der Waals surface area contributed by atoms with Crippen LogP contribution in [-0.2, 0) is 40.2 Å². The Morgan fingerprint density at radius 2 is 2.05 bits per heavy atom. The normalized spacial score (nSPS) is 27.2. The Morgan fingerprint density at radius 1 is 1.36 bits per heavy atom. The first kappa shape index (κ1) is 30.9. The van der Waals surface area contributed by atoms with Crippen molar-refractivity contribution < 1.29 is 43.1 Å². The van der Waals surface area contributed by atoms with Crippen molar-refractivity contribution in [1.82, 2.24) is 9.99 Å². The van der Waals surface area contributed by atoms with Crippen LogP contribution in [0, 0.1) is 12.3 Å². The lowest BCUT2D eigenvalue weighted by molar-refractivity contribution is -0.153. The monoisotopic (exact) mass is 580 g/mol. The van der Waals surface area contributed by atoms with Gasteiger partial charge in [-0.25, -0.2) is 5.09 Å². The van der Waals surface area contributed by atoms with Gasteiger partial charge in [-0.1, -0.05) is 37.5 Å². The maximum atomic E-state index is 12.8. The summed E-state index contributed by atoms with van der Waals surface area (Å²) in [4.78, 5) is 37.8. The Hall–Kier alpha value is -2.62. The second kappa shape index (κ2) is 13.2. The lowest BCUT2D eigenvalue weighted by atomic mass is 9.94. The third-order valence-electron chi connectivity index (χ3n) is 5.91. The number of nitrogens with zero attached hydrogens (tertiary/aromatic N) is 1. The van der Waals surface area contributed by atoms with Gasteiger partial charge in [-0.05, 0) is 50.3 Å². The van der Waals surface area contributed by atoms with Gasteiger partial charge in [-0.15, -0.1) is 6.42 Å². The zero-order valence-corrected chi connectivity index (χ0v) is 23.6. The molecule has 0 aromatic heterocycles. The van der Waals surface area contributed by atoms with Crippen LogP contribution < -0.4 is 9.61 Å². The van der Waals surface area contributed by atoms with E-state index in [2.05, 4.69) is 11.0 Å². The van der Waals surface area contributed by atoms with Gasteiger partial charge < -0.3 is 28.7 Å². The molecule has 3 N–H and O–H groups in total. The molecule has 1 aromatic rings. The topological polar surface area (TPSA) is 144 Å². The van der Waals surface area contributed by atoms with Crippen molar-refractivity contribution in [2.24, 2.45) is 0 Å². The fourth-order valence-electron chi connectivity index (χ4n) is 4.00. The summed E-state index contributed by atoms with van der Waals surface area (Å²) >= 11 is 5.75. The predicted octanol–water partition coefficient (Wildman–Crippen LogP) is 1.78. The fraction of sp³-hybridized carbons (Fsp3) is 0.500. The molecule has 39 heavy (non-hydrogen) atoms. The second-order valence-electron chi connectivity index (χ2n) is 9.35. The number of benzene rings is 1. The highest BCUT2D eigenvalue weighted by Crippen LogP contribution is 2.47. The molecule has 0 spiro atoms. The lowest BCUT2D eigenvalue weighted by Gasteiger charge is -2.33. The SMILES string of the molecule is C#C[C@@]1(O)[C@H](O)[C@@H](COP(=S)(N[C@@H](CCC)C(=O)OC(C)C)Oc2ccccc2)O[C@H]1N1C=CC(=O)CC1=O. The number of ether oxygens (including phenoxy) is 2. The average molecular weight is 581 g/mol. The van der Waals surface area contributed by atoms with Crippen LogP contribution in [0.1, 0.15) is 40.0 Å². The number of carbonyl (C=O) groups is 3. The van der Waals surface area contributed by atoms with E-state index >= 15 is 0 Å². The number of esters is 1. The van der Waals surface area contributed by atoms with Crippen LogP contribution in [0.25, 0.3) is 0 Å². The number of nitrogens with one attached hydrogen (secondary N) is 1. The summed E-state index contributed by atoms with van der Waals surface area (Å²) in [7, 11) is 0. The molecule has 13 heteroatoms. The van der Waals surface area contributed by atoms with Crippen molar-refractivity contribution in [3.05, 3.63) is 42.6 Å². The number of rotatable bonds is 12. The lowest BCUT2D eigenvalue weighted by Crippen LogP contribution is -2.55. The number of ketones is 1. The van der Waals surface area contributed by atoms with Gasteiger partial charge >= 0.3 is 12.6 Å². The van der Waals surface area contributed by atoms with Crippen LogP contribution in [0.5, 0.6) is 5.75 Å². The van der Waals surface area contributed by atoms with Crippen LogP contribution in [-0.4, -0.2) is 75.6 Å². The number of aliphatic hydroxyl groups is 2. The third kappa shape index (κ3) is 7.52. The van der Waals surface area contributed by atoms with Gasteiger partial charge in [0.05, 0.1) is 19.1 Å². The molecule has 2 aliphatic heterocycles. The molecule has 2 heterocycles. The summed E-state index contributed by atoms with van der Waals surface area (Å²) in [5, 5.41) is 25.0. The predicted molar refractivity (Wildman–Crippen MR) is 144 cm³/mol. The molecule has 1 unspecified atom stereocenters. The fourth-order valence-corrected chi connectivity index (χ4v) is 6.36. The zero-order chi connectivity index (χ0) is 28.8. The molecular formula is C26H33N2O9PS. The van der Waals surface area contributed by atoms with Crippen LogP contribution in [0.4, 0.5) is 0 Å². The molecule has 1 fully saturated rings. The minimum atomic E-state index is -3.51. The molecule has 2 aliphatic rings. The molecule has 0 saturated carbocycles. The van der Waals surface area contributed by atoms with Gasteiger partial charge in [0.1, 0.15) is 24.0 Å². The highest BCUT2D eigenvalue weighted by Gasteiger charge is 2.58. The summed E-state index contributed by atoms with van der Waals surface area (Å²) < 4.78 is 23.2. The molecule has 0 aliphatic carbocycles. The molecule has 3 rings (SSSR count). The smallest absolute Gasteiger partial charge is 0.323 e. The van der Waals surface area contributed by atoms with E-state index in [0.29, 0.717) is 18.6 Å². The van der Waals surface area contributed by atoms with Gasteiger partial charge in [-0.2, -0.15) is 0 Å². The van der Waals surface area contributed by atoms with Crippen molar-refractivity contribution >= 4 is 36.1 Å². The number of para-hydroxylation sites is 1. The Morgan fingerprint density at radius 3 is 2.64 bits per heavy atom. The summed E-state index contributed by atoms with van der Waals surface area (Å²) in [5.74, 6) is 0.890. The van der Waals surface area contributed by atoms with E-state index in [9.17, 15) is 24.6 Å². The third-order valence-corrected chi connectivity index (χ3v) is 8.33. The first-order valence-corrected chi connectivity index (χ1v) is 15.1. The number of hydrogen-bond donors (Lipinski definition) is 3. The van der Waals surface area contributed by atoms with Crippen molar-refractivity contribution in [3.8, 4) is 18.1 Å². The number of carbonyl (C=O) groups excluding carboxylic acids is 3. The largest absolute Gasteiger partial charge is 0.462 e. The van der Waals surface area contributed by atoms with Gasteiger partial charge in [0.2, 0.25) is 5.91 Å². The summed E-state index contributed by atoms with van der Waals surface area (Å²) in [6.07, 6.45) is 3.64. The number of amides is 1. The molecule has 0 radical (unpaired) electrons. The van der Waals surface area contributed by atoms with E-state index in [1.165, 1.54) is 0 Å². The Labute approximate surface area is 232 Å². The van der Waals surface area contributed by atoms with Crippen molar-refractivity contribution in [2.45, 2.75) is 76.2 Å². The molecule has 1 amide bonds. The number of hydrogen-bond acceptors (Lipinski definition) is 10. The molecule has 1 aromatic carbocycles. The highest BCUT2D eigenvalue weighted by atomic mass is 32.5. The highest BCUT2D eigenvalue weighted by molar-refractivity contribution is 8.09. The Bertz CT molecular complexity index is 1170. The minimum absolute atomic E-state index is 0.352. The minimum Gasteiger partial charge on any atom is -0.462 e. The molecule has 6 atom stereocenters. The quantitative estimate of drug-likeness (QED) is 0.144. The van der Waals surface area contributed by atoms with E-state index < -0.39 is 67.4 Å². The van der Waals surface area contributed by atoms with Crippen LogP contribution in [0.2, 0.25) is 0 Å². The van der Waals surface area contributed by atoms with E-state index in [0.717, 1.165) is 17.2 Å². The van der Waals surface area contributed by atoms with Crippen LogP contribution in [0.3, 0.4) is 0 Å². The Kier molecular flexibility index (Phi) is 10.4. The molecule has 1 saturated heterocycles. The summed E-state index contributed by atoms with van der Waals surface area (Å²) in [6.45, 7) is 1.43. The summed E-state index contributed by atoms with van der Waals surface area (Å²) in [6, 6.07) is 7.75. The standard InChI is InChI=1S/C26H33N2O9PS/c1-5-10-20(24(32)35-17(3)4)27-38(39,37-19-11-8-7-9-12-19)34-16-21-23(31)26(33,6-2)25(36-21)28-14-13-18(29)15-22(28)30/h2,7-9,11-14,17,20-21,23,25,31,33H,5,10,15-16H2,1,3-4H3,(H,27,39)/t20-,21+,23+,25+,26+,38?/m0/s1. The van der Waals surface area contributed by atoms with Crippen molar-refractivity contribution in [3.63, 3.8) is 0 Å². The summed E-state index contributed by atoms with van der Waals surface area (Å²) in [5.41, 5.74) is -2.31. The van der Waals surface area contributed by atoms with E-state index in [-0.39, 0.29) is 6.10 Å². The maximum Gasteiger partial charge on any atom is 0.323 e. The van der Waals surface area contributed by atoms with E-state index in [1.807, 2.05) is 6.92 Å². The van der Waals surface area contributed by atoms with Gasteiger partial charge in [0.25, 0.3) is 0 Å². The van der Waals surface area contributed by atoms with E-state index in [1.54, 1.807) is 44.2 Å². The van der Waals surface area contributed by atoms with Crippen molar-refractivity contribution in [2.75, 3.05) is 6.61 Å². The zero-order valence-electron chi connectivity index (χ0n) is 21.9. The van der Waals surface area contributed by atoms with Crippen molar-refractivity contribution in [1.29, 1.82) is 0 Å². The molecule has 11 nitrogen and oxygen atoms in total. The van der Waals surface area contributed by atoms with Crippen LogP contribution in [0.15, 0.2) is 42.6 Å². The number of allylic oxidation sites excluding steroid dienone is 1. The molecular weight excluding hydrogens is 547 g/mol. The molecule has 0 bridgehead atoms. The Balaban J connectivity index is 1.84. The first-order chi connectivity index (χ1) is 18.4. The maximum absolute atomic E-state index is 12.8.